The summed E-state index contributed by atoms with van der Waals surface area (Å²) in [5.41, 5.74) is 8.29. The minimum atomic E-state index is 0.921. The fourth-order valence-corrected chi connectivity index (χ4v) is 3.72. The minimum Gasteiger partial charge on any atom is -0.251 e. The van der Waals surface area contributed by atoms with Crippen molar-refractivity contribution in [2.45, 2.75) is 13.8 Å². The third-order valence-corrected chi connectivity index (χ3v) is 4.93. The molecule has 0 amide bonds. The molecule has 28 heavy (non-hydrogen) atoms. The standard InChI is InChI=1S/C26H22N2/c1-5-10-19(6-2)23-15-17(3)27-25-21(23)13-14-22-24(16-18(4)28-26(22)25)20-11-8-7-9-12-20/h5-16H,1-2H2,3-4H3/b19-10+. The normalized spacial score (nSPS) is 11.7. The molecule has 0 unspecified atom stereocenters. The summed E-state index contributed by atoms with van der Waals surface area (Å²) in [7, 11) is 0. The molecule has 0 aliphatic rings. The Morgan fingerprint density at radius 2 is 1.46 bits per heavy atom. The Labute approximate surface area is 165 Å². The smallest absolute Gasteiger partial charge is 0.0974 e. The van der Waals surface area contributed by atoms with Crippen LogP contribution in [0.4, 0.5) is 0 Å². The Kier molecular flexibility index (Phi) is 4.62. The minimum absolute atomic E-state index is 0.921. The molecule has 136 valence electrons. The highest BCUT2D eigenvalue weighted by Crippen LogP contribution is 2.35. The topological polar surface area (TPSA) is 25.8 Å². The van der Waals surface area contributed by atoms with Gasteiger partial charge in [0.05, 0.1) is 11.0 Å². The molecule has 0 aliphatic heterocycles. The van der Waals surface area contributed by atoms with Crippen LogP contribution in [-0.2, 0) is 0 Å². The van der Waals surface area contributed by atoms with E-state index in [-0.39, 0.29) is 0 Å². The van der Waals surface area contributed by atoms with Gasteiger partial charge in [0.25, 0.3) is 0 Å². The highest BCUT2D eigenvalue weighted by molar-refractivity contribution is 6.11. The van der Waals surface area contributed by atoms with E-state index in [2.05, 4.69) is 61.7 Å². The fraction of sp³-hybridized carbons (Fsp3) is 0.0769. The SMILES string of the molecule is C=C/C=C(\C=C)c1cc(C)nc2c1ccc1c(-c3ccccc3)cc(C)nc12. The van der Waals surface area contributed by atoms with Gasteiger partial charge in [-0.3, -0.25) is 9.97 Å². The van der Waals surface area contributed by atoms with Gasteiger partial charge in [0.2, 0.25) is 0 Å². The molecule has 0 radical (unpaired) electrons. The van der Waals surface area contributed by atoms with Crippen LogP contribution in [0.3, 0.4) is 0 Å². The maximum Gasteiger partial charge on any atom is 0.0974 e. The van der Waals surface area contributed by atoms with E-state index in [9.17, 15) is 0 Å². The maximum absolute atomic E-state index is 4.88. The summed E-state index contributed by atoms with van der Waals surface area (Å²) in [6.45, 7) is 11.9. The van der Waals surface area contributed by atoms with Gasteiger partial charge in [0.15, 0.2) is 0 Å². The largest absolute Gasteiger partial charge is 0.251 e. The zero-order valence-electron chi connectivity index (χ0n) is 16.2. The molecule has 4 aromatic rings. The quantitative estimate of drug-likeness (QED) is 0.294. The van der Waals surface area contributed by atoms with Crippen molar-refractivity contribution in [3.05, 3.63) is 103 Å². The Balaban J connectivity index is 2.13. The number of benzene rings is 2. The van der Waals surface area contributed by atoms with E-state index in [4.69, 9.17) is 9.97 Å². The van der Waals surface area contributed by atoms with E-state index < -0.39 is 0 Å². The third kappa shape index (κ3) is 3.03. The summed E-state index contributed by atoms with van der Waals surface area (Å²) < 4.78 is 0. The molecule has 0 spiro atoms. The summed E-state index contributed by atoms with van der Waals surface area (Å²) in [6.07, 6.45) is 5.62. The maximum atomic E-state index is 4.88. The molecule has 0 saturated carbocycles. The van der Waals surface area contributed by atoms with Crippen molar-refractivity contribution >= 4 is 27.4 Å². The van der Waals surface area contributed by atoms with Gasteiger partial charge in [-0.25, -0.2) is 0 Å². The lowest BCUT2D eigenvalue weighted by Crippen LogP contribution is -1.95. The predicted octanol–water partition coefficient (Wildman–Crippen LogP) is 6.82. The molecule has 2 heterocycles. The Bertz CT molecular complexity index is 1250. The van der Waals surface area contributed by atoms with Gasteiger partial charge >= 0.3 is 0 Å². The molecule has 0 fully saturated rings. The van der Waals surface area contributed by atoms with Crippen LogP contribution in [0.15, 0.2) is 86.0 Å². The molecule has 0 bridgehead atoms. The van der Waals surface area contributed by atoms with Crippen molar-refractivity contribution in [1.82, 2.24) is 9.97 Å². The van der Waals surface area contributed by atoms with Crippen LogP contribution in [0.5, 0.6) is 0 Å². The lowest BCUT2D eigenvalue weighted by atomic mass is 9.95. The van der Waals surface area contributed by atoms with Crippen LogP contribution in [0.2, 0.25) is 0 Å². The van der Waals surface area contributed by atoms with Gasteiger partial charge in [-0.1, -0.05) is 73.9 Å². The lowest BCUT2D eigenvalue weighted by molar-refractivity contribution is 1.23. The fourth-order valence-electron chi connectivity index (χ4n) is 3.72. The molecule has 2 aromatic heterocycles. The molecular formula is C26H22N2. The number of aromatic nitrogens is 2. The van der Waals surface area contributed by atoms with Crippen LogP contribution in [0.1, 0.15) is 17.0 Å². The zero-order chi connectivity index (χ0) is 19.7. The van der Waals surface area contributed by atoms with E-state index in [1.807, 2.05) is 32.1 Å². The summed E-state index contributed by atoms with van der Waals surface area (Å²) in [5, 5.41) is 2.18. The van der Waals surface area contributed by atoms with Crippen molar-refractivity contribution < 1.29 is 0 Å². The monoisotopic (exact) mass is 362 g/mol. The zero-order valence-corrected chi connectivity index (χ0v) is 16.2. The number of fused-ring (bicyclic) bond motifs is 3. The number of allylic oxidation sites excluding steroid dienone is 4. The van der Waals surface area contributed by atoms with Crippen LogP contribution >= 0.6 is 0 Å². The molecule has 0 aliphatic carbocycles. The van der Waals surface area contributed by atoms with Gasteiger partial charge < -0.3 is 0 Å². The second-order valence-corrected chi connectivity index (χ2v) is 6.91. The predicted molar refractivity (Wildman–Crippen MR) is 120 cm³/mol. The van der Waals surface area contributed by atoms with Crippen molar-refractivity contribution in [3.63, 3.8) is 0 Å². The first kappa shape index (κ1) is 17.9. The van der Waals surface area contributed by atoms with Gasteiger partial charge in [-0.05, 0) is 48.2 Å². The Morgan fingerprint density at radius 1 is 0.821 bits per heavy atom. The number of hydrogen-bond acceptors (Lipinski definition) is 2. The molecular weight excluding hydrogens is 340 g/mol. The van der Waals surface area contributed by atoms with Gasteiger partial charge in [0.1, 0.15) is 0 Å². The summed E-state index contributed by atoms with van der Waals surface area (Å²) in [4.78, 5) is 9.74. The first-order valence-corrected chi connectivity index (χ1v) is 9.35. The van der Waals surface area contributed by atoms with Crippen LogP contribution < -0.4 is 0 Å². The van der Waals surface area contributed by atoms with Gasteiger partial charge in [0, 0.05) is 22.2 Å². The van der Waals surface area contributed by atoms with Crippen molar-refractivity contribution in [1.29, 1.82) is 0 Å². The van der Waals surface area contributed by atoms with Crippen molar-refractivity contribution in [2.24, 2.45) is 0 Å². The van der Waals surface area contributed by atoms with Crippen LogP contribution in [0, 0.1) is 13.8 Å². The highest BCUT2D eigenvalue weighted by atomic mass is 14.8. The molecule has 0 atom stereocenters. The molecule has 2 heteroatoms. The van der Waals surface area contributed by atoms with Crippen LogP contribution in [-0.4, -0.2) is 9.97 Å². The molecule has 0 N–H and O–H groups in total. The Morgan fingerprint density at radius 3 is 2.14 bits per heavy atom. The first-order valence-electron chi connectivity index (χ1n) is 9.35. The summed E-state index contributed by atoms with van der Waals surface area (Å²) >= 11 is 0. The third-order valence-electron chi connectivity index (χ3n) is 4.93. The lowest BCUT2D eigenvalue weighted by Gasteiger charge is -2.13. The number of rotatable bonds is 4. The number of aryl methyl sites for hydroxylation is 2. The second-order valence-electron chi connectivity index (χ2n) is 6.91. The van der Waals surface area contributed by atoms with Gasteiger partial charge in [-0.2, -0.15) is 0 Å². The van der Waals surface area contributed by atoms with Gasteiger partial charge in [-0.15, -0.1) is 0 Å². The summed E-state index contributed by atoms with van der Waals surface area (Å²) in [5.74, 6) is 0. The average molecular weight is 362 g/mol. The first-order chi connectivity index (χ1) is 13.6. The number of nitrogens with zero attached hydrogens (tertiary/aromatic N) is 2. The average Bonchev–Trinajstić information content (AvgIpc) is 2.71. The van der Waals surface area contributed by atoms with Crippen LogP contribution in [0.25, 0.3) is 38.5 Å². The van der Waals surface area contributed by atoms with E-state index in [0.717, 1.165) is 44.3 Å². The molecule has 4 rings (SSSR count). The van der Waals surface area contributed by atoms with E-state index in [1.54, 1.807) is 6.08 Å². The van der Waals surface area contributed by atoms with E-state index >= 15 is 0 Å². The van der Waals surface area contributed by atoms with Crippen molar-refractivity contribution in [2.75, 3.05) is 0 Å². The summed E-state index contributed by atoms with van der Waals surface area (Å²) in [6, 6.07) is 19.0. The molecule has 0 saturated heterocycles. The highest BCUT2D eigenvalue weighted by Gasteiger charge is 2.14. The van der Waals surface area contributed by atoms with E-state index in [1.165, 1.54) is 11.1 Å². The second kappa shape index (κ2) is 7.24. The molecule has 2 aromatic carbocycles. The Hall–Kier alpha value is -3.52. The number of hydrogen-bond donors (Lipinski definition) is 0. The molecule has 2 nitrogen and oxygen atoms in total. The van der Waals surface area contributed by atoms with E-state index in [0.29, 0.717) is 0 Å². The number of pyridine rings is 2. The van der Waals surface area contributed by atoms with Crippen molar-refractivity contribution in [3.8, 4) is 11.1 Å².